The molecule has 0 unspecified atom stereocenters. The number of carbonyl (C=O) groups excluding carboxylic acids is 1. The van der Waals surface area contributed by atoms with E-state index < -0.39 is 0 Å². The van der Waals surface area contributed by atoms with E-state index in [0.717, 1.165) is 24.3 Å². The third-order valence-electron chi connectivity index (χ3n) is 3.82. The maximum absolute atomic E-state index is 12.5. The Morgan fingerprint density at radius 1 is 1.05 bits per heavy atom. The van der Waals surface area contributed by atoms with Crippen molar-refractivity contribution in [2.24, 2.45) is 0 Å². The van der Waals surface area contributed by atoms with Gasteiger partial charge in [-0.2, -0.15) is 0 Å². The number of benzene rings is 2. The molecule has 0 aliphatic heterocycles. The molecule has 3 rings (SSSR count). The number of Topliss-reactive ketones (excluding diaryl/α,β-unsaturated/α-hetero) is 1. The Balaban J connectivity index is 1.59. The highest BCUT2D eigenvalue weighted by molar-refractivity contribution is 8.01. The van der Waals surface area contributed by atoms with Crippen LogP contribution < -0.4 is 0 Å². The molecular weight excluding hydrogens is 300 g/mol. The number of ketones is 1. The van der Waals surface area contributed by atoms with Crippen molar-refractivity contribution in [1.82, 2.24) is 0 Å². The van der Waals surface area contributed by atoms with Gasteiger partial charge in [0.05, 0.1) is 4.75 Å². The lowest BCUT2D eigenvalue weighted by molar-refractivity contribution is -0.119. The zero-order chi connectivity index (χ0) is 14.7. The second kappa shape index (κ2) is 6.25. The Hall–Kier alpha value is -1.25. The van der Waals surface area contributed by atoms with Crippen molar-refractivity contribution < 1.29 is 4.79 Å². The van der Waals surface area contributed by atoms with Crippen molar-refractivity contribution in [1.29, 1.82) is 0 Å². The van der Waals surface area contributed by atoms with Gasteiger partial charge in [0.2, 0.25) is 0 Å². The van der Waals surface area contributed by atoms with Crippen LogP contribution >= 0.6 is 23.4 Å². The molecule has 0 amide bonds. The van der Waals surface area contributed by atoms with Gasteiger partial charge in [-0.3, -0.25) is 4.79 Å². The van der Waals surface area contributed by atoms with E-state index in [1.165, 1.54) is 10.5 Å². The number of hydrogen-bond acceptors (Lipinski definition) is 2. The van der Waals surface area contributed by atoms with E-state index in [4.69, 9.17) is 11.6 Å². The van der Waals surface area contributed by atoms with Crippen molar-refractivity contribution in [3.8, 4) is 0 Å². The highest BCUT2D eigenvalue weighted by Crippen LogP contribution is 2.53. The topological polar surface area (TPSA) is 17.1 Å². The van der Waals surface area contributed by atoms with Crippen molar-refractivity contribution in [3.63, 3.8) is 0 Å². The average molecular weight is 317 g/mol. The zero-order valence-corrected chi connectivity index (χ0v) is 13.3. The van der Waals surface area contributed by atoms with Crippen LogP contribution in [0.15, 0.2) is 59.5 Å². The van der Waals surface area contributed by atoms with E-state index in [9.17, 15) is 4.79 Å². The van der Waals surface area contributed by atoms with Crippen LogP contribution in [-0.2, 0) is 11.2 Å². The van der Waals surface area contributed by atoms with E-state index in [1.807, 2.05) is 42.5 Å². The van der Waals surface area contributed by atoms with Gasteiger partial charge in [-0.15, -0.1) is 11.8 Å². The summed E-state index contributed by atoms with van der Waals surface area (Å²) < 4.78 is -0.159. The molecular formula is C18H17ClOS. The molecule has 108 valence electrons. The SMILES string of the molecule is O=C(CCc1ccc(Cl)cc1)C1(Sc2ccccc2)CC1. The molecule has 0 saturated heterocycles. The monoisotopic (exact) mass is 316 g/mol. The Kier molecular flexibility index (Phi) is 4.37. The summed E-state index contributed by atoms with van der Waals surface area (Å²) in [6.07, 6.45) is 3.42. The third kappa shape index (κ3) is 3.69. The highest BCUT2D eigenvalue weighted by atomic mass is 35.5. The average Bonchev–Trinajstić information content (AvgIpc) is 3.28. The Morgan fingerprint density at radius 2 is 1.71 bits per heavy atom. The van der Waals surface area contributed by atoms with Crippen LogP contribution in [0.3, 0.4) is 0 Å². The number of rotatable bonds is 6. The lowest BCUT2D eigenvalue weighted by Gasteiger charge is -2.13. The predicted octanol–water partition coefficient (Wildman–Crippen LogP) is 5.17. The van der Waals surface area contributed by atoms with E-state index in [2.05, 4.69) is 12.1 Å². The first-order chi connectivity index (χ1) is 10.2. The molecule has 0 radical (unpaired) electrons. The first kappa shape index (κ1) is 14.7. The van der Waals surface area contributed by atoms with Crippen LogP contribution in [0.2, 0.25) is 5.02 Å². The summed E-state index contributed by atoms with van der Waals surface area (Å²) in [5.74, 6) is 0.381. The van der Waals surface area contributed by atoms with E-state index >= 15 is 0 Å². The van der Waals surface area contributed by atoms with E-state index in [-0.39, 0.29) is 4.75 Å². The predicted molar refractivity (Wildman–Crippen MR) is 89.0 cm³/mol. The van der Waals surface area contributed by atoms with Crippen molar-refractivity contribution in [2.75, 3.05) is 0 Å². The van der Waals surface area contributed by atoms with Crippen LogP contribution in [-0.4, -0.2) is 10.5 Å². The fraction of sp³-hybridized carbons (Fsp3) is 0.278. The molecule has 1 saturated carbocycles. The minimum Gasteiger partial charge on any atom is -0.298 e. The number of hydrogen-bond donors (Lipinski definition) is 0. The maximum atomic E-state index is 12.5. The van der Waals surface area contributed by atoms with Gasteiger partial charge in [-0.25, -0.2) is 0 Å². The van der Waals surface area contributed by atoms with Crippen LogP contribution in [0.25, 0.3) is 0 Å². The molecule has 3 heteroatoms. The molecule has 21 heavy (non-hydrogen) atoms. The molecule has 0 N–H and O–H groups in total. The van der Waals surface area contributed by atoms with Gasteiger partial charge >= 0.3 is 0 Å². The third-order valence-corrected chi connectivity index (χ3v) is 5.61. The van der Waals surface area contributed by atoms with Crippen molar-refractivity contribution in [2.45, 2.75) is 35.3 Å². The minimum absolute atomic E-state index is 0.159. The fourth-order valence-electron chi connectivity index (χ4n) is 2.40. The Bertz CT molecular complexity index is 617. The first-order valence-corrected chi connectivity index (χ1v) is 8.39. The lowest BCUT2D eigenvalue weighted by Crippen LogP contribution is -2.19. The summed E-state index contributed by atoms with van der Waals surface area (Å²) in [5, 5.41) is 0.739. The van der Waals surface area contributed by atoms with E-state index in [1.54, 1.807) is 11.8 Å². The normalized spacial score (nSPS) is 15.7. The van der Waals surface area contributed by atoms with Gasteiger partial charge in [0.1, 0.15) is 5.78 Å². The number of halogens is 1. The summed E-state index contributed by atoms with van der Waals surface area (Å²) >= 11 is 7.61. The molecule has 1 nitrogen and oxygen atoms in total. The van der Waals surface area contributed by atoms with Crippen LogP contribution in [0.1, 0.15) is 24.8 Å². The smallest absolute Gasteiger partial charge is 0.149 e. The molecule has 0 bridgehead atoms. The number of aryl methyl sites for hydroxylation is 1. The van der Waals surface area contributed by atoms with Crippen LogP contribution in [0.5, 0.6) is 0 Å². The van der Waals surface area contributed by atoms with Crippen molar-refractivity contribution in [3.05, 3.63) is 65.2 Å². The van der Waals surface area contributed by atoms with Gasteiger partial charge < -0.3 is 0 Å². The molecule has 0 spiro atoms. The van der Waals surface area contributed by atoms with Gasteiger partial charge in [0.15, 0.2) is 0 Å². The molecule has 0 atom stereocenters. The highest BCUT2D eigenvalue weighted by Gasteiger charge is 2.49. The molecule has 2 aromatic rings. The maximum Gasteiger partial charge on any atom is 0.149 e. The summed E-state index contributed by atoms with van der Waals surface area (Å²) in [7, 11) is 0. The van der Waals surface area contributed by atoms with Gasteiger partial charge in [0, 0.05) is 16.3 Å². The van der Waals surface area contributed by atoms with Gasteiger partial charge in [-0.05, 0) is 49.1 Å². The van der Waals surface area contributed by atoms with Crippen LogP contribution in [0.4, 0.5) is 0 Å². The quantitative estimate of drug-likeness (QED) is 0.731. The molecule has 0 aromatic heterocycles. The largest absolute Gasteiger partial charge is 0.298 e. The number of carbonyl (C=O) groups is 1. The van der Waals surface area contributed by atoms with E-state index in [0.29, 0.717) is 12.2 Å². The lowest BCUT2D eigenvalue weighted by atomic mass is 10.1. The van der Waals surface area contributed by atoms with Crippen LogP contribution in [0, 0.1) is 0 Å². The second-order valence-corrected chi connectivity index (χ2v) is 7.35. The summed E-state index contributed by atoms with van der Waals surface area (Å²) in [5.41, 5.74) is 1.17. The Morgan fingerprint density at radius 3 is 2.33 bits per heavy atom. The van der Waals surface area contributed by atoms with Crippen molar-refractivity contribution >= 4 is 29.1 Å². The second-order valence-electron chi connectivity index (χ2n) is 5.46. The standard InChI is InChI=1S/C18H17ClOS/c19-15-9-6-14(7-10-15)8-11-17(20)18(12-13-18)21-16-4-2-1-3-5-16/h1-7,9-10H,8,11-13H2. The summed E-state index contributed by atoms with van der Waals surface area (Å²) in [6.45, 7) is 0. The van der Waals surface area contributed by atoms with Gasteiger partial charge in [-0.1, -0.05) is 41.9 Å². The molecule has 0 heterocycles. The van der Waals surface area contributed by atoms with Gasteiger partial charge in [0.25, 0.3) is 0 Å². The molecule has 1 aliphatic rings. The minimum atomic E-state index is -0.159. The molecule has 2 aromatic carbocycles. The first-order valence-electron chi connectivity index (χ1n) is 7.20. The summed E-state index contributed by atoms with van der Waals surface area (Å²) in [6, 6.07) is 18.0. The summed E-state index contributed by atoms with van der Waals surface area (Å²) in [4.78, 5) is 13.7. The zero-order valence-electron chi connectivity index (χ0n) is 11.7. The number of thioether (sulfide) groups is 1. The molecule has 1 aliphatic carbocycles. The fourth-order valence-corrected chi connectivity index (χ4v) is 3.79. The Labute approximate surface area is 134 Å². The molecule has 1 fully saturated rings.